The van der Waals surface area contributed by atoms with E-state index in [4.69, 9.17) is 18.6 Å². The van der Waals surface area contributed by atoms with Crippen LogP contribution in [0.2, 0.25) is 0 Å². The first-order valence-electron chi connectivity index (χ1n) is 8.25. The summed E-state index contributed by atoms with van der Waals surface area (Å²) in [6.07, 6.45) is 0. The molecule has 2 aromatic carbocycles. The van der Waals surface area contributed by atoms with Gasteiger partial charge in [-0.25, -0.2) is 0 Å². The Morgan fingerprint density at radius 3 is 2.42 bits per heavy atom. The van der Waals surface area contributed by atoms with Gasteiger partial charge in [0.1, 0.15) is 5.75 Å². The first kappa shape index (κ1) is 17.6. The van der Waals surface area contributed by atoms with Crippen LogP contribution in [0.15, 0.2) is 46.9 Å². The molecule has 0 spiro atoms. The molecule has 0 saturated heterocycles. The summed E-state index contributed by atoms with van der Waals surface area (Å²) < 4.78 is 21.7. The molecular weight excluding hydrogens is 334 g/mol. The number of nitrogens with one attached hydrogen (secondary N) is 1. The molecule has 1 heterocycles. The summed E-state index contributed by atoms with van der Waals surface area (Å²) in [6.45, 7) is 3.03. The van der Waals surface area contributed by atoms with E-state index < -0.39 is 0 Å². The Hall–Kier alpha value is -3.22. The fourth-order valence-corrected chi connectivity index (χ4v) is 2.42. The van der Waals surface area contributed by atoms with Crippen LogP contribution in [0.25, 0.3) is 11.5 Å². The molecule has 3 aromatic rings. The Balaban J connectivity index is 1.66. The van der Waals surface area contributed by atoms with Crippen molar-refractivity contribution >= 4 is 5.69 Å². The van der Waals surface area contributed by atoms with Crippen LogP contribution in [0.1, 0.15) is 12.8 Å². The molecule has 0 aliphatic carbocycles. The maximum atomic E-state index is 5.72. The van der Waals surface area contributed by atoms with E-state index >= 15 is 0 Å². The lowest BCUT2D eigenvalue weighted by molar-refractivity contribution is 0.340. The van der Waals surface area contributed by atoms with Gasteiger partial charge in [0, 0.05) is 11.3 Å². The Morgan fingerprint density at radius 1 is 0.962 bits per heavy atom. The molecule has 0 aliphatic rings. The van der Waals surface area contributed by atoms with Gasteiger partial charge in [-0.3, -0.25) is 0 Å². The minimum Gasteiger partial charge on any atom is -0.494 e. The average molecular weight is 355 g/mol. The van der Waals surface area contributed by atoms with Gasteiger partial charge in [-0.05, 0) is 49.4 Å². The first-order chi connectivity index (χ1) is 12.7. The standard InChI is InChI=1S/C19H21N3O4/c1-4-25-15-8-6-14(7-9-15)20-12-18-21-22-19(26-18)13-5-10-16(23-2)17(11-13)24-3/h5-11,20H,4,12H2,1-3H3. The number of aromatic nitrogens is 2. The number of nitrogens with zero attached hydrogens (tertiary/aromatic N) is 2. The van der Waals surface area contributed by atoms with Gasteiger partial charge < -0.3 is 23.9 Å². The van der Waals surface area contributed by atoms with Crippen LogP contribution < -0.4 is 19.5 Å². The van der Waals surface area contributed by atoms with E-state index in [0.717, 1.165) is 17.0 Å². The number of hydrogen-bond donors (Lipinski definition) is 1. The molecule has 1 aromatic heterocycles. The van der Waals surface area contributed by atoms with E-state index in [-0.39, 0.29) is 0 Å². The van der Waals surface area contributed by atoms with Gasteiger partial charge in [-0.2, -0.15) is 0 Å². The van der Waals surface area contributed by atoms with E-state index in [1.165, 1.54) is 0 Å². The highest BCUT2D eigenvalue weighted by Crippen LogP contribution is 2.31. The van der Waals surface area contributed by atoms with Crippen LogP contribution in [0.3, 0.4) is 0 Å². The predicted molar refractivity (Wildman–Crippen MR) is 97.8 cm³/mol. The molecule has 7 heteroatoms. The monoisotopic (exact) mass is 355 g/mol. The van der Waals surface area contributed by atoms with Gasteiger partial charge in [0.2, 0.25) is 11.8 Å². The molecule has 1 N–H and O–H groups in total. The summed E-state index contributed by atoms with van der Waals surface area (Å²) in [5.74, 6) is 3.01. The summed E-state index contributed by atoms with van der Waals surface area (Å²) in [4.78, 5) is 0. The van der Waals surface area contributed by atoms with Gasteiger partial charge in [-0.1, -0.05) is 0 Å². The second kappa shape index (κ2) is 8.24. The molecule has 0 radical (unpaired) electrons. The van der Waals surface area contributed by atoms with Gasteiger partial charge in [0.05, 0.1) is 27.4 Å². The summed E-state index contributed by atoms with van der Waals surface area (Å²) in [7, 11) is 3.18. The van der Waals surface area contributed by atoms with E-state index in [9.17, 15) is 0 Å². The van der Waals surface area contributed by atoms with Crippen molar-refractivity contribution in [2.24, 2.45) is 0 Å². The summed E-state index contributed by atoms with van der Waals surface area (Å²) >= 11 is 0. The fraction of sp³-hybridized carbons (Fsp3) is 0.263. The second-order valence-electron chi connectivity index (χ2n) is 5.38. The quantitative estimate of drug-likeness (QED) is 0.659. The number of benzene rings is 2. The van der Waals surface area contributed by atoms with Crippen molar-refractivity contribution in [1.82, 2.24) is 10.2 Å². The third-order valence-corrected chi connectivity index (χ3v) is 3.71. The smallest absolute Gasteiger partial charge is 0.247 e. The molecule has 0 atom stereocenters. The lowest BCUT2D eigenvalue weighted by atomic mass is 10.2. The molecule has 0 fully saturated rings. The Kier molecular flexibility index (Phi) is 5.58. The summed E-state index contributed by atoms with van der Waals surface area (Å²) in [6, 6.07) is 13.2. The molecular formula is C19H21N3O4. The van der Waals surface area contributed by atoms with Crippen LogP contribution in [0.4, 0.5) is 5.69 Å². The van der Waals surface area contributed by atoms with E-state index in [2.05, 4.69) is 15.5 Å². The average Bonchev–Trinajstić information content (AvgIpc) is 3.16. The normalized spacial score (nSPS) is 10.4. The van der Waals surface area contributed by atoms with Crippen LogP contribution >= 0.6 is 0 Å². The number of anilines is 1. The maximum absolute atomic E-state index is 5.72. The first-order valence-corrected chi connectivity index (χ1v) is 8.25. The maximum Gasteiger partial charge on any atom is 0.247 e. The van der Waals surface area contributed by atoms with Crippen LogP contribution in [-0.4, -0.2) is 31.0 Å². The lowest BCUT2D eigenvalue weighted by Gasteiger charge is -2.07. The van der Waals surface area contributed by atoms with Gasteiger partial charge in [0.15, 0.2) is 11.5 Å². The van der Waals surface area contributed by atoms with Crippen molar-refractivity contribution in [3.05, 3.63) is 48.4 Å². The Morgan fingerprint density at radius 2 is 1.73 bits per heavy atom. The van der Waals surface area contributed by atoms with Crippen LogP contribution in [0.5, 0.6) is 17.2 Å². The van der Waals surface area contributed by atoms with Crippen molar-refractivity contribution in [3.8, 4) is 28.7 Å². The Bertz CT molecular complexity index is 846. The molecule has 26 heavy (non-hydrogen) atoms. The largest absolute Gasteiger partial charge is 0.494 e. The molecule has 0 bridgehead atoms. The second-order valence-corrected chi connectivity index (χ2v) is 5.38. The summed E-state index contributed by atoms with van der Waals surface area (Å²) in [5, 5.41) is 11.4. The minimum atomic E-state index is 0.425. The zero-order valence-electron chi connectivity index (χ0n) is 15.0. The van der Waals surface area contributed by atoms with Gasteiger partial charge in [-0.15, -0.1) is 10.2 Å². The number of hydrogen-bond acceptors (Lipinski definition) is 7. The number of ether oxygens (including phenoxy) is 3. The minimum absolute atomic E-state index is 0.425. The van der Waals surface area contributed by atoms with E-state index in [1.807, 2.05) is 37.3 Å². The third-order valence-electron chi connectivity index (χ3n) is 3.71. The number of rotatable bonds is 8. The number of methoxy groups -OCH3 is 2. The van der Waals surface area contributed by atoms with Crippen molar-refractivity contribution in [2.45, 2.75) is 13.5 Å². The zero-order valence-corrected chi connectivity index (χ0v) is 15.0. The molecule has 3 rings (SSSR count). The van der Waals surface area contributed by atoms with Gasteiger partial charge in [0.25, 0.3) is 0 Å². The van der Waals surface area contributed by atoms with E-state index in [1.54, 1.807) is 26.4 Å². The predicted octanol–water partition coefficient (Wildman–Crippen LogP) is 3.76. The summed E-state index contributed by atoms with van der Waals surface area (Å²) in [5.41, 5.74) is 1.71. The molecule has 7 nitrogen and oxygen atoms in total. The van der Waals surface area contributed by atoms with Crippen LogP contribution in [0, 0.1) is 0 Å². The zero-order chi connectivity index (χ0) is 18.4. The van der Waals surface area contributed by atoms with Crippen molar-refractivity contribution in [1.29, 1.82) is 0 Å². The molecule has 0 unspecified atom stereocenters. The van der Waals surface area contributed by atoms with Crippen LogP contribution in [-0.2, 0) is 6.54 Å². The highest BCUT2D eigenvalue weighted by atomic mass is 16.5. The fourth-order valence-electron chi connectivity index (χ4n) is 2.42. The molecule has 0 saturated carbocycles. The van der Waals surface area contributed by atoms with Crippen molar-refractivity contribution < 1.29 is 18.6 Å². The topological polar surface area (TPSA) is 78.6 Å². The third kappa shape index (κ3) is 4.05. The van der Waals surface area contributed by atoms with E-state index in [0.29, 0.717) is 36.4 Å². The van der Waals surface area contributed by atoms with Gasteiger partial charge >= 0.3 is 0 Å². The molecule has 0 aliphatic heterocycles. The Labute approximate surface area is 151 Å². The molecule has 0 amide bonds. The van der Waals surface area contributed by atoms with Crippen molar-refractivity contribution in [2.75, 3.05) is 26.1 Å². The highest BCUT2D eigenvalue weighted by Gasteiger charge is 2.12. The highest BCUT2D eigenvalue weighted by molar-refractivity contribution is 5.59. The molecule has 136 valence electrons. The lowest BCUT2D eigenvalue weighted by Crippen LogP contribution is -1.99. The SMILES string of the molecule is CCOc1ccc(NCc2nnc(-c3ccc(OC)c(OC)c3)o2)cc1. The van der Waals surface area contributed by atoms with Crippen molar-refractivity contribution in [3.63, 3.8) is 0 Å².